The molecule has 15 N–H and O–H groups in total. The van der Waals surface area contributed by atoms with Crippen LogP contribution in [0.2, 0.25) is 0 Å². The van der Waals surface area contributed by atoms with Crippen molar-refractivity contribution in [2.24, 2.45) is 0 Å². The SMILES string of the molecule is CC(=O)N[C@H]1[C@H]([C@@H](O)[C@@H](O)CO)O[C@](O[C@H]2[C@@H](O)[C@@H](CO)O[C@@H](O[C@H]3[C@H](O[C@H]4O[C@H](C)[C@H](O)[C@H](O)[C@H]4O)[C@@H](CO)OC(O)[C@@H]3NC(C)=O)[C@@H]2O)(C(=O)O)C[C@@H]1O. The highest BCUT2D eigenvalue weighted by Crippen LogP contribution is 2.39. The van der Waals surface area contributed by atoms with E-state index in [0.29, 0.717) is 0 Å². The van der Waals surface area contributed by atoms with Crippen molar-refractivity contribution >= 4 is 17.8 Å². The van der Waals surface area contributed by atoms with Crippen LogP contribution in [0.3, 0.4) is 0 Å². The summed E-state index contributed by atoms with van der Waals surface area (Å²) in [5.74, 6) is -6.72. The van der Waals surface area contributed by atoms with Crippen LogP contribution < -0.4 is 10.6 Å². The molecule has 25 nitrogen and oxygen atoms in total. The second-order valence-corrected chi connectivity index (χ2v) is 14.0. The molecule has 0 bridgehead atoms. The second kappa shape index (κ2) is 19.1. The molecule has 21 atom stereocenters. The third-order valence-electron chi connectivity index (χ3n) is 9.94. The van der Waals surface area contributed by atoms with Gasteiger partial charge in [0.05, 0.1) is 38.1 Å². The smallest absolute Gasteiger partial charge is 0.364 e. The summed E-state index contributed by atoms with van der Waals surface area (Å²) in [6.45, 7) is 0.296. The van der Waals surface area contributed by atoms with Gasteiger partial charge in [0.25, 0.3) is 5.79 Å². The minimum Gasteiger partial charge on any atom is -0.477 e. The number of carboxylic acid groups (broad SMARTS) is 1. The Labute approximate surface area is 317 Å². The Morgan fingerprint density at radius 2 is 1.30 bits per heavy atom. The zero-order valence-electron chi connectivity index (χ0n) is 30.3. The van der Waals surface area contributed by atoms with Crippen molar-refractivity contribution in [3.63, 3.8) is 0 Å². The molecule has 25 heteroatoms. The Balaban J connectivity index is 1.72. The van der Waals surface area contributed by atoms with Crippen molar-refractivity contribution in [1.29, 1.82) is 0 Å². The molecule has 1 unspecified atom stereocenters. The minimum atomic E-state index is -3.12. The van der Waals surface area contributed by atoms with E-state index in [0.717, 1.165) is 13.8 Å². The topological polar surface area (TPSA) is 403 Å². The Kier molecular flexibility index (Phi) is 15.8. The van der Waals surface area contributed by atoms with Gasteiger partial charge >= 0.3 is 5.97 Å². The summed E-state index contributed by atoms with van der Waals surface area (Å²) in [7, 11) is 0. The average Bonchev–Trinajstić information content (AvgIpc) is 3.14. The lowest BCUT2D eigenvalue weighted by Gasteiger charge is -2.51. The summed E-state index contributed by atoms with van der Waals surface area (Å²) < 4.78 is 39.7. The third kappa shape index (κ3) is 9.74. The van der Waals surface area contributed by atoms with Gasteiger partial charge in [-0.05, 0) is 6.92 Å². The number of amides is 2. The van der Waals surface area contributed by atoms with Gasteiger partial charge in [-0.2, -0.15) is 0 Å². The van der Waals surface area contributed by atoms with Crippen LogP contribution in [-0.4, -0.2) is 232 Å². The summed E-state index contributed by atoms with van der Waals surface area (Å²) >= 11 is 0. The molecule has 0 aromatic carbocycles. The first-order chi connectivity index (χ1) is 26.2. The first-order valence-electron chi connectivity index (χ1n) is 17.6. The quantitative estimate of drug-likeness (QED) is 0.0773. The van der Waals surface area contributed by atoms with Crippen LogP contribution in [0.1, 0.15) is 27.2 Å². The van der Waals surface area contributed by atoms with Crippen LogP contribution >= 0.6 is 0 Å². The number of rotatable bonds is 14. The predicted molar refractivity (Wildman–Crippen MR) is 173 cm³/mol. The number of nitrogens with one attached hydrogen (secondary N) is 2. The number of ether oxygens (including phenoxy) is 7. The molecule has 4 rings (SSSR count). The Morgan fingerprint density at radius 3 is 1.86 bits per heavy atom. The maximum Gasteiger partial charge on any atom is 0.364 e. The summed E-state index contributed by atoms with van der Waals surface area (Å²) in [5.41, 5.74) is 0. The standard InChI is InChI=1S/C31H52N2O23/c1-8-17(41)20(44)21(45)28(50-8)53-23-14(7-36)51-27(47)16(33-10(3)38)25(23)54-29-22(46)26(19(43)13(6-35)52-29)56-31(30(48)49)4-11(39)15(32-9(2)37)24(55-31)18(42)12(40)5-34/h8,11-29,34-36,39-47H,4-7H2,1-3H3,(H,32,37)(H,33,38)(H,48,49)/t8-,11+,12+,13-,14-,15-,16-,17+,18+,19+,20+,21-,22-,23-,24-,25-,26+,27?,28-,29+,31-/m1/s1. The van der Waals surface area contributed by atoms with E-state index in [1.165, 1.54) is 6.92 Å². The number of hydrogen-bond acceptors (Lipinski definition) is 22. The number of carboxylic acids is 1. The summed E-state index contributed by atoms with van der Waals surface area (Å²) in [4.78, 5) is 37.0. The molecular weight excluding hydrogens is 768 g/mol. The van der Waals surface area contributed by atoms with Gasteiger partial charge in [0.1, 0.15) is 85.4 Å². The highest BCUT2D eigenvalue weighted by Gasteiger charge is 2.60. The molecule has 0 radical (unpaired) electrons. The zero-order chi connectivity index (χ0) is 42.0. The van der Waals surface area contributed by atoms with Crippen LogP contribution in [0.25, 0.3) is 0 Å². The van der Waals surface area contributed by atoms with E-state index in [-0.39, 0.29) is 0 Å². The van der Waals surface area contributed by atoms with Crippen LogP contribution in [0.5, 0.6) is 0 Å². The number of carbonyl (C=O) groups is 3. The lowest BCUT2D eigenvalue weighted by atomic mass is 9.88. The van der Waals surface area contributed by atoms with Crippen molar-refractivity contribution in [2.45, 2.75) is 155 Å². The van der Waals surface area contributed by atoms with Gasteiger partial charge in [-0.1, -0.05) is 0 Å². The number of hydrogen-bond donors (Lipinski definition) is 15. The van der Waals surface area contributed by atoms with Gasteiger partial charge in [0.15, 0.2) is 18.9 Å². The third-order valence-corrected chi connectivity index (χ3v) is 9.94. The number of aliphatic hydroxyl groups is 12. The minimum absolute atomic E-state index is 0.785. The van der Waals surface area contributed by atoms with Crippen molar-refractivity contribution in [3.05, 3.63) is 0 Å². The van der Waals surface area contributed by atoms with Crippen LogP contribution in [0.15, 0.2) is 0 Å². The Morgan fingerprint density at radius 1 is 0.732 bits per heavy atom. The lowest BCUT2D eigenvalue weighted by Crippen LogP contribution is -2.71. The van der Waals surface area contributed by atoms with E-state index >= 15 is 0 Å². The summed E-state index contributed by atoms with van der Waals surface area (Å²) in [6, 6.07) is -3.27. The van der Waals surface area contributed by atoms with Crippen molar-refractivity contribution in [3.8, 4) is 0 Å². The van der Waals surface area contributed by atoms with Crippen LogP contribution in [0.4, 0.5) is 0 Å². The lowest BCUT2D eigenvalue weighted by molar-refractivity contribution is -0.389. The van der Waals surface area contributed by atoms with Crippen molar-refractivity contribution in [1.82, 2.24) is 10.6 Å². The summed E-state index contributed by atoms with van der Waals surface area (Å²) in [6.07, 6.45) is -35.2. The van der Waals surface area contributed by atoms with Gasteiger partial charge in [0.2, 0.25) is 11.8 Å². The molecule has 4 saturated heterocycles. The Hall–Kier alpha value is -2.35. The molecule has 0 aliphatic carbocycles. The first kappa shape index (κ1) is 46.3. The van der Waals surface area contributed by atoms with E-state index < -0.39 is 172 Å². The zero-order valence-corrected chi connectivity index (χ0v) is 30.3. The normalized spacial score (nSPS) is 45.7. The molecule has 0 saturated carbocycles. The van der Waals surface area contributed by atoms with E-state index in [1.807, 2.05) is 0 Å². The van der Waals surface area contributed by atoms with Gasteiger partial charge in [-0.3, -0.25) is 9.59 Å². The first-order valence-corrected chi connectivity index (χ1v) is 17.6. The van der Waals surface area contributed by atoms with Crippen LogP contribution in [-0.2, 0) is 47.5 Å². The van der Waals surface area contributed by atoms with Gasteiger partial charge < -0.3 is 110 Å². The molecule has 0 aromatic rings. The molecule has 324 valence electrons. The molecule has 0 aromatic heterocycles. The second-order valence-electron chi connectivity index (χ2n) is 14.0. The molecule has 4 fully saturated rings. The molecule has 56 heavy (non-hydrogen) atoms. The molecule has 2 amide bonds. The molecule has 4 aliphatic heterocycles. The fourth-order valence-electron chi connectivity index (χ4n) is 6.99. The van der Waals surface area contributed by atoms with Crippen molar-refractivity contribution in [2.75, 3.05) is 19.8 Å². The number of aliphatic hydroxyl groups excluding tert-OH is 12. The fourth-order valence-corrected chi connectivity index (χ4v) is 6.99. The van der Waals surface area contributed by atoms with Crippen LogP contribution in [0, 0.1) is 0 Å². The molecular formula is C31H52N2O23. The maximum atomic E-state index is 12.9. The highest BCUT2D eigenvalue weighted by molar-refractivity contribution is 5.76. The Bertz CT molecular complexity index is 1330. The van der Waals surface area contributed by atoms with E-state index in [4.69, 9.17) is 33.2 Å². The monoisotopic (exact) mass is 820 g/mol. The largest absolute Gasteiger partial charge is 0.477 e. The predicted octanol–water partition coefficient (Wildman–Crippen LogP) is -9.23. The maximum absolute atomic E-state index is 12.9. The van der Waals surface area contributed by atoms with Gasteiger partial charge in [0, 0.05) is 20.3 Å². The molecule has 4 aliphatic rings. The summed E-state index contributed by atoms with van der Waals surface area (Å²) in [5, 5.41) is 142. The van der Waals surface area contributed by atoms with E-state index in [1.54, 1.807) is 0 Å². The van der Waals surface area contributed by atoms with E-state index in [2.05, 4.69) is 10.6 Å². The number of carbonyl (C=O) groups excluding carboxylic acids is 2. The van der Waals surface area contributed by atoms with Gasteiger partial charge in [-0.15, -0.1) is 0 Å². The highest BCUT2D eigenvalue weighted by atomic mass is 16.8. The molecule has 4 heterocycles. The molecule has 0 spiro atoms. The average molecular weight is 821 g/mol. The fraction of sp³-hybridized carbons (Fsp3) is 0.903. The van der Waals surface area contributed by atoms with E-state index in [9.17, 15) is 80.8 Å². The van der Waals surface area contributed by atoms with Crippen molar-refractivity contribution < 1.29 is 114 Å². The van der Waals surface area contributed by atoms with Gasteiger partial charge in [-0.25, -0.2) is 4.79 Å². The number of aliphatic carboxylic acids is 1.